The molecule has 0 saturated carbocycles. The van der Waals surface area contributed by atoms with Crippen LogP contribution in [0.4, 0.5) is 0 Å². The number of unbranched alkanes of at least 4 members (excludes halogenated alkanes) is 1. The van der Waals surface area contributed by atoms with Crippen molar-refractivity contribution < 1.29 is 0 Å². The maximum absolute atomic E-state index is 6.16. The lowest BCUT2D eigenvalue weighted by atomic mass is 9.90. The number of nitrogens with one attached hydrogen (secondary N) is 1. The average molecular weight is 305 g/mol. The summed E-state index contributed by atoms with van der Waals surface area (Å²) in [6.45, 7) is 10.7. The van der Waals surface area contributed by atoms with Gasteiger partial charge in [0, 0.05) is 28.1 Å². The maximum atomic E-state index is 6.16. The Morgan fingerprint density at radius 3 is 2.62 bits per heavy atom. The van der Waals surface area contributed by atoms with Crippen molar-refractivity contribution in [2.75, 3.05) is 6.54 Å². The lowest BCUT2D eigenvalue weighted by molar-refractivity contribution is 0.569. The number of halogens is 1. The molecule has 3 heteroatoms. The van der Waals surface area contributed by atoms with Gasteiger partial charge in [0.1, 0.15) is 0 Å². The highest BCUT2D eigenvalue weighted by molar-refractivity contribution is 6.31. The fourth-order valence-electron chi connectivity index (χ4n) is 2.32. The molecule has 1 aromatic carbocycles. The molecule has 2 nitrogen and oxygen atoms in total. The molecule has 21 heavy (non-hydrogen) atoms. The third kappa shape index (κ3) is 4.18. The zero-order chi connectivity index (χ0) is 15.5. The van der Waals surface area contributed by atoms with E-state index in [1.165, 1.54) is 18.4 Å². The highest BCUT2D eigenvalue weighted by Crippen LogP contribution is 2.27. The lowest BCUT2D eigenvalue weighted by Gasteiger charge is -2.20. The predicted molar refractivity (Wildman–Crippen MR) is 92.1 cm³/mol. The largest absolute Gasteiger partial charge is 0.313 e. The molecule has 2 aromatic rings. The minimum absolute atomic E-state index is 0.0476. The van der Waals surface area contributed by atoms with Gasteiger partial charge in [-0.1, -0.05) is 45.7 Å². The molecular weight excluding hydrogens is 280 g/mol. The summed E-state index contributed by atoms with van der Waals surface area (Å²) in [5, 5.41) is 5.44. The van der Waals surface area contributed by atoms with Crippen LogP contribution in [0.25, 0.3) is 10.9 Å². The van der Waals surface area contributed by atoms with Crippen LogP contribution in [-0.4, -0.2) is 11.5 Å². The van der Waals surface area contributed by atoms with Gasteiger partial charge in [0.2, 0.25) is 0 Å². The van der Waals surface area contributed by atoms with Gasteiger partial charge in [-0.2, -0.15) is 0 Å². The van der Waals surface area contributed by atoms with Crippen LogP contribution in [0.5, 0.6) is 0 Å². The number of fused-ring (bicyclic) bond motifs is 1. The monoisotopic (exact) mass is 304 g/mol. The molecule has 114 valence electrons. The van der Waals surface area contributed by atoms with Gasteiger partial charge in [0.25, 0.3) is 0 Å². The Kier molecular flexibility index (Phi) is 5.23. The van der Waals surface area contributed by atoms with E-state index in [9.17, 15) is 0 Å². The van der Waals surface area contributed by atoms with E-state index in [4.69, 9.17) is 16.6 Å². The summed E-state index contributed by atoms with van der Waals surface area (Å²) >= 11 is 6.16. The van der Waals surface area contributed by atoms with Crippen molar-refractivity contribution >= 4 is 22.5 Å². The van der Waals surface area contributed by atoms with Gasteiger partial charge >= 0.3 is 0 Å². The summed E-state index contributed by atoms with van der Waals surface area (Å²) in [6, 6.07) is 8.17. The van der Waals surface area contributed by atoms with Crippen molar-refractivity contribution in [3.8, 4) is 0 Å². The second kappa shape index (κ2) is 6.76. The number of hydrogen-bond donors (Lipinski definition) is 1. The highest BCUT2D eigenvalue weighted by atomic mass is 35.5. The molecule has 0 aliphatic heterocycles. The molecule has 0 bridgehead atoms. The summed E-state index contributed by atoms with van der Waals surface area (Å²) < 4.78 is 0. The Balaban J connectivity index is 2.40. The Bertz CT molecular complexity index is 614. The molecule has 2 rings (SSSR count). The van der Waals surface area contributed by atoms with Crippen LogP contribution in [-0.2, 0) is 12.0 Å². The van der Waals surface area contributed by atoms with E-state index < -0.39 is 0 Å². The molecular formula is C18H25ClN2. The highest BCUT2D eigenvalue weighted by Gasteiger charge is 2.17. The molecule has 0 unspecified atom stereocenters. The fraction of sp³-hybridized carbons (Fsp3) is 0.500. The normalized spacial score (nSPS) is 12.0. The van der Waals surface area contributed by atoms with Crippen molar-refractivity contribution in [3.05, 3.63) is 40.5 Å². The van der Waals surface area contributed by atoms with Crippen LogP contribution in [0.3, 0.4) is 0 Å². The predicted octanol–water partition coefficient (Wildman–Crippen LogP) is 5.08. The summed E-state index contributed by atoms with van der Waals surface area (Å²) in [6.07, 6.45) is 2.42. The number of nitrogens with zero attached hydrogens (tertiary/aromatic N) is 1. The first-order chi connectivity index (χ1) is 9.91. The number of aromatic nitrogens is 1. The molecule has 0 spiro atoms. The number of pyridine rings is 1. The number of hydrogen-bond acceptors (Lipinski definition) is 2. The van der Waals surface area contributed by atoms with Crippen LogP contribution >= 0.6 is 11.6 Å². The quantitative estimate of drug-likeness (QED) is 0.780. The summed E-state index contributed by atoms with van der Waals surface area (Å²) in [5.74, 6) is 0. The first-order valence-corrected chi connectivity index (χ1v) is 8.10. The average Bonchev–Trinajstić information content (AvgIpc) is 2.42. The van der Waals surface area contributed by atoms with Gasteiger partial charge in [-0.3, -0.25) is 4.98 Å². The SMILES string of the molecule is CCCCNCc1cc(C(C)(C)C)nc2ccc(Cl)cc12. The molecule has 0 fully saturated rings. The molecule has 1 heterocycles. The van der Waals surface area contributed by atoms with Crippen LogP contribution in [0, 0.1) is 0 Å². The van der Waals surface area contributed by atoms with E-state index in [2.05, 4.69) is 39.1 Å². The molecule has 1 aromatic heterocycles. The minimum atomic E-state index is 0.0476. The second-order valence-electron chi connectivity index (χ2n) is 6.61. The van der Waals surface area contributed by atoms with Crippen molar-refractivity contribution in [2.24, 2.45) is 0 Å². The second-order valence-corrected chi connectivity index (χ2v) is 7.04. The topological polar surface area (TPSA) is 24.9 Å². The first-order valence-electron chi connectivity index (χ1n) is 7.72. The summed E-state index contributed by atoms with van der Waals surface area (Å²) in [7, 11) is 0. The molecule has 0 saturated heterocycles. The van der Waals surface area contributed by atoms with E-state index >= 15 is 0 Å². The minimum Gasteiger partial charge on any atom is -0.313 e. The summed E-state index contributed by atoms with van der Waals surface area (Å²) in [5.41, 5.74) is 3.48. The van der Waals surface area contributed by atoms with Gasteiger partial charge in [0.05, 0.1) is 5.52 Å². The molecule has 0 atom stereocenters. The van der Waals surface area contributed by atoms with E-state index in [1.807, 2.05) is 18.2 Å². The van der Waals surface area contributed by atoms with E-state index in [0.717, 1.165) is 34.7 Å². The van der Waals surface area contributed by atoms with E-state index in [-0.39, 0.29) is 5.41 Å². The van der Waals surface area contributed by atoms with Crippen LogP contribution < -0.4 is 5.32 Å². The Morgan fingerprint density at radius 2 is 1.95 bits per heavy atom. The molecule has 0 aliphatic carbocycles. The molecule has 0 amide bonds. The number of benzene rings is 1. The maximum Gasteiger partial charge on any atom is 0.0709 e. The van der Waals surface area contributed by atoms with Gasteiger partial charge in [-0.25, -0.2) is 0 Å². The van der Waals surface area contributed by atoms with Crippen molar-refractivity contribution in [2.45, 2.75) is 52.5 Å². The van der Waals surface area contributed by atoms with E-state index in [0.29, 0.717) is 0 Å². The van der Waals surface area contributed by atoms with Gasteiger partial charge in [-0.15, -0.1) is 0 Å². The summed E-state index contributed by atoms with van der Waals surface area (Å²) in [4.78, 5) is 4.81. The van der Waals surface area contributed by atoms with Crippen molar-refractivity contribution in [1.82, 2.24) is 10.3 Å². The van der Waals surface area contributed by atoms with E-state index in [1.54, 1.807) is 0 Å². The van der Waals surface area contributed by atoms with Gasteiger partial charge in [-0.05, 0) is 42.8 Å². The van der Waals surface area contributed by atoms with Gasteiger partial charge < -0.3 is 5.32 Å². The Labute approximate surface area is 132 Å². The Hall–Kier alpha value is -1.12. The van der Waals surface area contributed by atoms with Crippen LogP contribution in [0.15, 0.2) is 24.3 Å². The molecule has 1 N–H and O–H groups in total. The van der Waals surface area contributed by atoms with Crippen molar-refractivity contribution in [3.63, 3.8) is 0 Å². The van der Waals surface area contributed by atoms with Crippen molar-refractivity contribution in [1.29, 1.82) is 0 Å². The van der Waals surface area contributed by atoms with Gasteiger partial charge in [0.15, 0.2) is 0 Å². The molecule has 0 radical (unpaired) electrons. The van der Waals surface area contributed by atoms with Crippen LogP contribution in [0.1, 0.15) is 51.8 Å². The Morgan fingerprint density at radius 1 is 1.19 bits per heavy atom. The third-order valence-electron chi connectivity index (χ3n) is 3.65. The number of rotatable bonds is 5. The smallest absolute Gasteiger partial charge is 0.0709 e. The fourth-order valence-corrected chi connectivity index (χ4v) is 2.50. The van der Waals surface area contributed by atoms with Crippen LogP contribution in [0.2, 0.25) is 5.02 Å². The lowest BCUT2D eigenvalue weighted by Crippen LogP contribution is -2.18. The zero-order valence-corrected chi connectivity index (χ0v) is 14.2. The molecule has 0 aliphatic rings. The third-order valence-corrected chi connectivity index (χ3v) is 3.88. The first kappa shape index (κ1) is 16.3. The standard InChI is InChI=1S/C18H25ClN2/c1-5-6-9-20-12-13-10-17(18(2,3)4)21-16-8-7-14(19)11-15(13)16/h7-8,10-11,20H,5-6,9,12H2,1-4H3. The zero-order valence-electron chi connectivity index (χ0n) is 13.5.